The molecule has 2 aromatic carbocycles. The third-order valence-corrected chi connectivity index (χ3v) is 3.86. The number of nitrogens with one attached hydrogen (secondary N) is 2. The van der Waals surface area contributed by atoms with Gasteiger partial charge in [0, 0.05) is 5.56 Å². The molecule has 2 aromatic rings. The minimum atomic E-state index is -4.58. The van der Waals surface area contributed by atoms with Gasteiger partial charge in [-0.05, 0) is 18.2 Å². The lowest BCUT2D eigenvalue weighted by Crippen LogP contribution is -2.32. The van der Waals surface area contributed by atoms with E-state index in [2.05, 4.69) is 10.4 Å². The average Bonchev–Trinajstić information content (AvgIpc) is 2.58. The topological polar surface area (TPSA) is 70.6 Å². The van der Waals surface area contributed by atoms with Crippen LogP contribution >= 0.6 is 23.2 Å². The molecule has 2 rings (SSSR count). The van der Waals surface area contributed by atoms with E-state index < -0.39 is 23.6 Å². The number of benzene rings is 2. The second kappa shape index (κ2) is 8.20. The lowest BCUT2D eigenvalue weighted by atomic mass is 10.1. The fourth-order valence-corrected chi connectivity index (χ4v) is 2.21. The van der Waals surface area contributed by atoms with Crippen molar-refractivity contribution >= 4 is 46.9 Å². The summed E-state index contributed by atoms with van der Waals surface area (Å²) in [5.74, 6) is -2.31. The number of hydrazone groups is 1. The number of hydrogen-bond donors (Lipinski definition) is 2. The molecule has 0 unspecified atom stereocenters. The predicted molar refractivity (Wildman–Crippen MR) is 92.3 cm³/mol. The number of alkyl halides is 3. The Morgan fingerprint density at radius 2 is 1.69 bits per heavy atom. The van der Waals surface area contributed by atoms with Crippen LogP contribution in [0.4, 0.5) is 18.9 Å². The van der Waals surface area contributed by atoms with Crippen LogP contribution in [0.25, 0.3) is 0 Å². The van der Waals surface area contributed by atoms with E-state index in [9.17, 15) is 22.8 Å². The summed E-state index contributed by atoms with van der Waals surface area (Å²) < 4.78 is 38.5. The van der Waals surface area contributed by atoms with Gasteiger partial charge in [-0.3, -0.25) is 9.59 Å². The summed E-state index contributed by atoms with van der Waals surface area (Å²) in [7, 11) is 0. The summed E-state index contributed by atoms with van der Waals surface area (Å²) in [5.41, 5.74) is 0.753. The Morgan fingerprint density at radius 3 is 2.38 bits per heavy atom. The number of nitrogens with zero attached hydrogens (tertiary/aromatic N) is 1. The Labute approximate surface area is 155 Å². The van der Waals surface area contributed by atoms with Crippen LogP contribution in [0.2, 0.25) is 10.0 Å². The maximum Gasteiger partial charge on any atom is 0.417 e. The van der Waals surface area contributed by atoms with E-state index in [1.165, 1.54) is 36.4 Å². The van der Waals surface area contributed by atoms with Crippen LogP contribution in [0.1, 0.15) is 11.1 Å². The molecular formula is C16H10Cl2F3N3O2. The summed E-state index contributed by atoms with van der Waals surface area (Å²) in [4.78, 5) is 23.4. The Hall–Kier alpha value is -2.58. The number of hydrogen-bond acceptors (Lipinski definition) is 3. The first-order valence-corrected chi connectivity index (χ1v) is 7.70. The molecule has 2 amide bonds. The summed E-state index contributed by atoms with van der Waals surface area (Å²) in [6.07, 6.45) is -3.78. The molecule has 0 aliphatic rings. The zero-order valence-electron chi connectivity index (χ0n) is 12.8. The van der Waals surface area contributed by atoms with Crippen molar-refractivity contribution < 1.29 is 22.8 Å². The van der Waals surface area contributed by atoms with Crippen molar-refractivity contribution in [3.8, 4) is 0 Å². The van der Waals surface area contributed by atoms with Gasteiger partial charge in [0.2, 0.25) is 0 Å². The largest absolute Gasteiger partial charge is 0.417 e. The second-order valence-electron chi connectivity index (χ2n) is 4.84. The Morgan fingerprint density at radius 1 is 1.00 bits per heavy atom. The van der Waals surface area contributed by atoms with Gasteiger partial charge in [0.05, 0.1) is 27.5 Å². The maximum atomic E-state index is 12.8. The lowest BCUT2D eigenvalue weighted by Gasteiger charge is -2.09. The standard InChI is InChI=1S/C16H10Cl2F3N3O2/c17-11-6-3-7-12(13(11)18)23-14(25)15(26)24-22-8-9-4-1-2-5-10(9)16(19,20)21/h1-8H,(H,23,25)(H,24,26). The van der Waals surface area contributed by atoms with Crippen molar-refractivity contribution in [3.63, 3.8) is 0 Å². The highest BCUT2D eigenvalue weighted by Gasteiger charge is 2.32. The van der Waals surface area contributed by atoms with Gasteiger partial charge in [0.25, 0.3) is 0 Å². The highest BCUT2D eigenvalue weighted by molar-refractivity contribution is 6.45. The lowest BCUT2D eigenvalue weighted by molar-refractivity contribution is -0.137. The zero-order valence-corrected chi connectivity index (χ0v) is 14.3. The molecule has 0 fully saturated rings. The van der Waals surface area contributed by atoms with Gasteiger partial charge in [0.15, 0.2) is 0 Å². The molecule has 0 radical (unpaired) electrons. The monoisotopic (exact) mass is 403 g/mol. The van der Waals surface area contributed by atoms with Gasteiger partial charge in [-0.25, -0.2) is 5.43 Å². The molecule has 0 aromatic heterocycles. The molecule has 5 nitrogen and oxygen atoms in total. The van der Waals surface area contributed by atoms with Crippen LogP contribution in [-0.2, 0) is 15.8 Å². The van der Waals surface area contributed by atoms with Crippen LogP contribution in [-0.4, -0.2) is 18.0 Å². The molecule has 0 atom stereocenters. The van der Waals surface area contributed by atoms with Crippen molar-refractivity contribution in [1.29, 1.82) is 0 Å². The van der Waals surface area contributed by atoms with Gasteiger partial charge in [-0.1, -0.05) is 47.5 Å². The molecule has 0 bridgehead atoms. The highest BCUT2D eigenvalue weighted by atomic mass is 35.5. The molecule has 136 valence electrons. The molecule has 0 saturated heterocycles. The Bertz CT molecular complexity index is 870. The third-order valence-electron chi connectivity index (χ3n) is 3.04. The first kappa shape index (κ1) is 19.7. The second-order valence-corrected chi connectivity index (χ2v) is 5.62. The minimum absolute atomic E-state index is 0.0397. The van der Waals surface area contributed by atoms with Crippen molar-refractivity contribution in [2.24, 2.45) is 5.10 Å². The van der Waals surface area contributed by atoms with Crippen molar-refractivity contribution in [3.05, 3.63) is 63.6 Å². The summed E-state index contributed by atoms with van der Waals surface area (Å²) in [5, 5.41) is 5.80. The summed E-state index contributed by atoms with van der Waals surface area (Å²) in [6.45, 7) is 0. The molecule has 0 saturated carbocycles. The number of halogens is 5. The maximum absolute atomic E-state index is 12.8. The normalized spacial score (nSPS) is 11.4. The van der Waals surface area contributed by atoms with Crippen molar-refractivity contribution in [1.82, 2.24) is 5.43 Å². The predicted octanol–water partition coefficient (Wildman–Crippen LogP) is 4.10. The van der Waals surface area contributed by atoms with E-state index in [-0.39, 0.29) is 21.3 Å². The van der Waals surface area contributed by atoms with E-state index in [4.69, 9.17) is 23.2 Å². The Balaban J connectivity index is 2.04. The number of carbonyl (C=O) groups excluding carboxylic acids is 2. The molecular weight excluding hydrogens is 394 g/mol. The molecule has 0 heterocycles. The molecule has 0 spiro atoms. The van der Waals surface area contributed by atoms with Gasteiger partial charge >= 0.3 is 18.0 Å². The third kappa shape index (κ3) is 4.96. The van der Waals surface area contributed by atoms with Gasteiger partial charge < -0.3 is 5.32 Å². The smallest absolute Gasteiger partial charge is 0.316 e. The molecule has 10 heteroatoms. The van der Waals surface area contributed by atoms with Crippen LogP contribution in [0.15, 0.2) is 47.6 Å². The molecule has 0 aliphatic carbocycles. The average molecular weight is 404 g/mol. The van der Waals surface area contributed by atoms with Crippen molar-refractivity contribution in [2.45, 2.75) is 6.18 Å². The van der Waals surface area contributed by atoms with Crippen molar-refractivity contribution in [2.75, 3.05) is 5.32 Å². The van der Waals surface area contributed by atoms with Gasteiger partial charge in [-0.2, -0.15) is 18.3 Å². The SMILES string of the molecule is O=C(NN=Cc1ccccc1C(F)(F)F)C(=O)Nc1cccc(Cl)c1Cl. The highest BCUT2D eigenvalue weighted by Crippen LogP contribution is 2.31. The van der Waals surface area contributed by atoms with Crippen LogP contribution in [0.3, 0.4) is 0 Å². The first-order valence-electron chi connectivity index (χ1n) is 6.95. The van der Waals surface area contributed by atoms with E-state index in [0.29, 0.717) is 0 Å². The fourth-order valence-electron chi connectivity index (χ4n) is 1.86. The number of rotatable bonds is 3. The number of carbonyl (C=O) groups is 2. The van der Waals surface area contributed by atoms with Gasteiger partial charge in [0.1, 0.15) is 0 Å². The first-order chi connectivity index (χ1) is 12.2. The fraction of sp³-hybridized carbons (Fsp3) is 0.0625. The molecule has 0 aliphatic heterocycles. The zero-order chi connectivity index (χ0) is 19.3. The van der Waals surface area contributed by atoms with E-state index in [0.717, 1.165) is 12.3 Å². The van der Waals surface area contributed by atoms with Crippen LogP contribution < -0.4 is 10.7 Å². The van der Waals surface area contributed by atoms with E-state index in [1.807, 2.05) is 5.43 Å². The summed E-state index contributed by atoms with van der Waals surface area (Å²) >= 11 is 11.7. The minimum Gasteiger partial charge on any atom is -0.316 e. The quantitative estimate of drug-likeness (QED) is 0.460. The molecule has 2 N–H and O–H groups in total. The Kier molecular flexibility index (Phi) is 6.23. The van der Waals surface area contributed by atoms with E-state index in [1.54, 1.807) is 0 Å². The van der Waals surface area contributed by atoms with E-state index >= 15 is 0 Å². The van der Waals surface area contributed by atoms with Crippen LogP contribution in [0.5, 0.6) is 0 Å². The summed E-state index contributed by atoms with van der Waals surface area (Å²) in [6, 6.07) is 9.06. The number of anilines is 1. The number of amides is 2. The molecule has 26 heavy (non-hydrogen) atoms. The van der Waals surface area contributed by atoms with Crippen LogP contribution in [0, 0.1) is 0 Å². The van der Waals surface area contributed by atoms with Gasteiger partial charge in [-0.15, -0.1) is 0 Å².